The topological polar surface area (TPSA) is 77.4 Å². The monoisotopic (exact) mass is 357 g/mol. The molecular weight excluding hydrogens is 350 g/mol. The molecule has 2 heterocycles. The lowest BCUT2D eigenvalue weighted by molar-refractivity contribution is -0.547. The van der Waals surface area contributed by atoms with Crippen LogP contribution in [-0.4, -0.2) is 11.1 Å². The van der Waals surface area contributed by atoms with E-state index in [0.29, 0.717) is 26.3 Å². The number of benzene rings is 2. The summed E-state index contributed by atoms with van der Waals surface area (Å²) in [6.45, 7) is 0. The van der Waals surface area contributed by atoms with E-state index in [1.807, 2.05) is 0 Å². The first-order valence-electron chi connectivity index (χ1n) is 6.47. The van der Waals surface area contributed by atoms with Crippen molar-refractivity contribution in [1.82, 2.24) is 0 Å². The van der Waals surface area contributed by atoms with Gasteiger partial charge in [-0.2, -0.15) is 4.73 Å². The van der Waals surface area contributed by atoms with E-state index in [0.717, 1.165) is 4.73 Å². The maximum atomic E-state index is 12.7. The summed E-state index contributed by atoms with van der Waals surface area (Å²) in [5.41, 5.74) is 1.10. The van der Waals surface area contributed by atoms with E-state index in [-0.39, 0.29) is 16.7 Å². The van der Waals surface area contributed by atoms with Crippen LogP contribution in [0, 0.1) is 5.21 Å². The van der Waals surface area contributed by atoms with Gasteiger partial charge in [-0.25, -0.2) is 4.79 Å². The fourth-order valence-electron chi connectivity index (χ4n) is 2.74. The highest BCUT2D eigenvalue weighted by Crippen LogP contribution is 2.33. The van der Waals surface area contributed by atoms with Crippen LogP contribution >= 0.6 is 15.9 Å². The number of aromatic carboxylic acids is 1. The van der Waals surface area contributed by atoms with Gasteiger partial charge in [0.25, 0.3) is 5.52 Å². The number of aromatic nitrogens is 1. The van der Waals surface area contributed by atoms with Crippen molar-refractivity contribution < 1.29 is 19.0 Å². The average Bonchev–Trinajstić information content (AvgIpc) is 2.85. The van der Waals surface area contributed by atoms with Crippen molar-refractivity contribution in [2.45, 2.75) is 0 Å². The molecule has 0 aliphatic rings. The minimum atomic E-state index is -1.13. The van der Waals surface area contributed by atoms with Crippen LogP contribution in [0.4, 0.5) is 0 Å². The van der Waals surface area contributed by atoms with Crippen molar-refractivity contribution in [1.29, 1.82) is 0 Å². The number of pyridine rings is 1. The second-order valence-corrected chi connectivity index (χ2v) is 5.83. The molecule has 0 aliphatic heterocycles. The number of halogens is 1. The van der Waals surface area contributed by atoms with Gasteiger partial charge >= 0.3 is 5.97 Å². The van der Waals surface area contributed by atoms with Gasteiger partial charge in [-0.15, -0.1) is 0 Å². The predicted octanol–water partition coefficient (Wildman–Crippen LogP) is 3.83. The van der Waals surface area contributed by atoms with Gasteiger partial charge in [-0.3, -0.25) is 0 Å². The molecular formula is C16H8BrNO4. The first-order chi connectivity index (χ1) is 10.6. The van der Waals surface area contributed by atoms with Crippen molar-refractivity contribution in [3.8, 4) is 0 Å². The summed E-state index contributed by atoms with van der Waals surface area (Å²) in [5, 5.41) is 23.2. The van der Waals surface area contributed by atoms with Crippen LogP contribution in [0.5, 0.6) is 0 Å². The smallest absolute Gasteiger partial charge is 0.340 e. The Morgan fingerprint density at radius 3 is 2.73 bits per heavy atom. The zero-order valence-electron chi connectivity index (χ0n) is 11.0. The number of hydrogen-bond donors (Lipinski definition) is 1. The molecule has 4 rings (SSSR count). The van der Waals surface area contributed by atoms with Crippen molar-refractivity contribution in [2.75, 3.05) is 0 Å². The Hall–Kier alpha value is -2.60. The second-order valence-electron chi connectivity index (χ2n) is 4.91. The third-order valence-corrected chi connectivity index (χ3v) is 4.15. The Labute approximate surface area is 132 Å². The SMILES string of the molecule is O=C(O)c1c2cc(Br)ccc2[n+]([O-])c2c1oc1ccccc12. The molecule has 22 heavy (non-hydrogen) atoms. The summed E-state index contributed by atoms with van der Waals surface area (Å²) in [6, 6.07) is 11.9. The van der Waals surface area contributed by atoms with Gasteiger partial charge in [0.15, 0.2) is 0 Å². The van der Waals surface area contributed by atoms with E-state index in [4.69, 9.17) is 4.42 Å². The van der Waals surface area contributed by atoms with E-state index in [2.05, 4.69) is 15.9 Å². The molecule has 0 unspecified atom stereocenters. The van der Waals surface area contributed by atoms with Crippen LogP contribution in [0.25, 0.3) is 33.0 Å². The second kappa shape index (κ2) is 4.45. The Morgan fingerprint density at radius 2 is 1.95 bits per heavy atom. The predicted molar refractivity (Wildman–Crippen MR) is 84.8 cm³/mol. The van der Waals surface area contributed by atoms with E-state index < -0.39 is 5.97 Å². The number of carbonyl (C=O) groups is 1. The van der Waals surface area contributed by atoms with E-state index in [9.17, 15) is 15.1 Å². The number of rotatable bonds is 1. The van der Waals surface area contributed by atoms with Gasteiger partial charge in [-0.1, -0.05) is 28.1 Å². The summed E-state index contributed by atoms with van der Waals surface area (Å²) in [4.78, 5) is 11.7. The van der Waals surface area contributed by atoms with Crippen molar-refractivity contribution in [3.05, 3.63) is 57.7 Å². The van der Waals surface area contributed by atoms with Crippen LogP contribution in [0.15, 0.2) is 51.4 Å². The van der Waals surface area contributed by atoms with Gasteiger partial charge in [0.1, 0.15) is 11.1 Å². The lowest BCUT2D eigenvalue weighted by atomic mass is 10.1. The summed E-state index contributed by atoms with van der Waals surface area (Å²) in [5.74, 6) is -1.13. The van der Waals surface area contributed by atoms with Gasteiger partial charge < -0.3 is 14.7 Å². The Balaban J connectivity index is 2.38. The van der Waals surface area contributed by atoms with E-state index >= 15 is 0 Å². The highest BCUT2D eigenvalue weighted by molar-refractivity contribution is 9.10. The summed E-state index contributed by atoms with van der Waals surface area (Å²) in [7, 11) is 0. The number of carboxylic acid groups (broad SMARTS) is 1. The molecule has 0 aliphatic carbocycles. The fraction of sp³-hybridized carbons (Fsp3) is 0. The molecule has 0 atom stereocenters. The quantitative estimate of drug-likeness (QED) is 0.414. The number of furan rings is 1. The molecule has 108 valence electrons. The third kappa shape index (κ3) is 1.64. The molecule has 0 spiro atoms. The molecule has 0 saturated heterocycles. The highest BCUT2D eigenvalue weighted by Gasteiger charge is 2.27. The zero-order valence-corrected chi connectivity index (χ0v) is 12.6. The number of nitrogens with zero attached hydrogens (tertiary/aromatic N) is 1. The minimum Gasteiger partial charge on any atom is -0.618 e. The Bertz CT molecular complexity index is 1080. The van der Waals surface area contributed by atoms with Crippen LogP contribution in [0.3, 0.4) is 0 Å². The van der Waals surface area contributed by atoms with E-state index in [1.54, 1.807) is 42.5 Å². The highest BCUT2D eigenvalue weighted by atomic mass is 79.9. The normalized spacial score (nSPS) is 11.5. The molecule has 6 heteroatoms. The van der Waals surface area contributed by atoms with Gasteiger partial charge in [0, 0.05) is 10.5 Å². The summed E-state index contributed by atoms with van der Waals surface area (Å²) < 4.78 is 7.08. The van der Waals surface area contributed by atoms with Gasteiger partial charge in [-0.05, 0) is 24.3 Å². The molecule has 0 bridgehead atoms. The molecule has 5 nitrogen and oxygen atoms in total. The van der Waals surface area contributed by atoms with Crippen LogP contribution < -0.4 is 4.73 Å². The molecule has 0 fully saturated rings. The summed E-state index contributed by atoms with van der Waals surface area (Å²) >= 11 is 3.30. The van der Waals surface area contributed by atoms with Crippen molar-refractivity contribution in [3.63, 3.8) is 0 Å². The molecule has 4 aromatic rings. The maximum absolute atomic E-state index is 12.7. The minimum absolute atomic E-state index is 0.00500. The zero-order chi connectivity index (χ0) is 15.4. The van der Waals surface area contributed by atoms with Crippen LogP contribution in [0.1, 0.15) is 10.4 Å². The van der Waals surface area contributed by atoms with Crippen LogP contribution in [0.2, 0.25) is 0 Å². The summed E-state index contributed by atoms with van der Waals surface area (Å²) in [6.07, 6.45) is 0. The Kier molecular flexibility index (Phi) is 2.65. The number of hydrogen-bond acceptors (Lipinski definition) is 3. The van der Waals surface area contributed by atoms with Crippen molar-refractivity contribution in [2.24, 2.45) is 0 Å². The number of fused-ring (bicyclic) bond motifs is 4. The average molecular weight is 358 g/mol. The standard InChI is InChI=1S/C16H8BrNO4/c17-8-5-6-11-10(7-8)13(16(19)20)15-14(18(11)21)9-3-1-2-4-12(9)22-15/h1-7H,(H,19,20). The van der Waals surface area contributed by atoms with Gasteiger partial charge in [0.2, 0.25) is 11.1 Å². The lowest BCUT2D eigenvalue weighted by Gasteiger charge is -2.06. The lowest BCUT2D eigenvalue weighted by Crippen LogP contribution is -2.29. The molecule has 0 amide bonds. The van der Waals surface area contributed by atoms with Gasteiger partial charge in [0.05, 0.1) is 10.8 Å². The largest absolute Gasteiger partial charge is 0.618 e. The number of para-hydroxylation sites is 1. The first kappa shape index (κ1) is 13.1. The number of carboxylic acids is 1. The maximum Gasteiger partial charge on any atom is 0.340 e. The molecule has 0 saturated carbocycles. The third-order valence-electron chi connectivity index (χ3n) is 3.66. The molecule has 2 aromatic heterocycles. The van der Waals surface area contributed by atoms with E-state index in [1.165, 1.54) is 0 Å². The molecule has 0 radical (unpaired) electrons. The van der Waals surface area contributed by atoms with Crippen molar-refractivity contribution >= 4 is 54.9 Å². The first-order valence-corrected chi connectivity index (χ1v) is 7.26. The van der Waals surface area contributed by atoms with Crippen LogP contribution in [-0.2, 0) is 0 Å². The molecule has 2 aromatic carbocycles. The Morgan fingerprint density at radius 1 is 1.18 bits per heavy atom. The fourth-order valence-corrected chi connectivity index (χ4v) is 3.10. The molecule has 1 N–H and O–H groups in total.